The Morgan fingerprint density at radius 1 is 0.939 bits per heavy atom. The summed E-state index contributed by atoms with van der Waals surface area (Å²) >= 11 is 0. The molecular formula is C25H29N2O5P. The molecule has 0 saturated carbocycles. The van der Waals surface area contributed by atoms with E-state index in [0.717, 1.165) is 21.9 Å². The van der Waals surface area contributed by atoms with Crippen molar-refractivity contribution in [2.45, 2.75) is 32.5 Å². The number of hydrogen-bond acceptors (Lipinski definition) is 5. The average Bonchev–Trinajstić information content (AvgIpc) is 2.79. The standard InChI is InChI=1S/C25H29N2O5P/c1-3-31-33(30,32-4-2)17-18-12-14-20(15-13-18)25(29)27-23(24(26)28)16-21-10-7-9-19-8-5-6-11-22(19)21/h5-15,23H,3-4,16-17H2,1-2H3,(H2,26,28)(H,27,29)/t23-/m0/s1. The summed E-state index contributed by atoms with van der Waals surface area (Å²) < 4.78 is 23.4. The van der Waals surface area contributed by atoms with Crippen molar-refractivity contribution in [2.75, 3.05) is 13.2 Å². The van der Waals surface area contributed by atoms with Gasteiger partial charge in [0.1, 0.15) is 6.04 Å². The van der Waals surface area contributed by atoms with E-state index in [1.807, 2.05) is 42.5 Å². The van der Waals surface area contributed by atoms with Gasteiger partial charge < -0.3 is 20.1 Å². The van der Waals surface area contributed by atoms with E-state index in [4.69, 9.17) is 14.8 Å². The highest BCUT2D eigenvalue weighted by atomic mass is 31.2. The monoisotopic (exact) mass is 468 g/mol. The molecule has 0 saturated heterocycles. The van der Waals surface area contributed by atoms with Gasteiger partial charge in [-0.2, -0.15) is 0 Å². The number of rotatable bonds is 11. The Bertz CT molecular complexity index is 1150. The molecule has 1 atom stereocenters. The largest absolute Gasteiger partial charge is 0.368 e. The minimum absolute atomic E-state index is 0.113. The van der Waals surface area contributed by atoms with Gasteiger partial charge in [0.15, 0.2) is 0 Å². The number of fused-ring (bicyclic) bond motifs is 1. The first kappa shape index (κ1) is 24.6. The molecule has 3 aromatic carbocycles. The third-order valence-corrected chi connectivity index (χ3v) is 7.25. The van der Waals surface area contributed by atoms with E-state index in [1.165, 1.54) is 0 Å². The molecule has 0 unspecified atom stereocenters. The first-order chi connectivity index (χ1) is 15.8. The number of nitrogens with two attached hydrogens (primary N) is 1. The highest BCUT2D eigenvalue weighted by molar-refractivity contribution is 7.53. The van der Waals surface area contributed by atoms with Crippen LogP contribution in [0.4, 0.5) is 0 Å². The number of amides is 2. The second kappa shape index (κ2) is 11.2. The zero-order valence-corrected chi connectivity index (χ0v) is 19.7. The topological polar surface area (TPSA) is 108 Å². The van der Waals surface area contributed by atoms with Crippen molar-refractivity contribution in [3.05, 3.63) is 83.4 Å². The summed E-state index contributed by atoms with van der Waals surface area (Å²) in [4.78, 5) is 24.9. The third-order valence-electron chi connectivity index (χ3n) is 5.20. The van der Waals surface area contributed by atoms with Crippen molar-refractivity contribution in [1.29, 1.82) is 0 Å². The quantitative estimate of drug-likeness (QED) is 0.405. The zero-order valence-electron chi connectivity index (χ0n) is 18.8. The van der Waals surface area contributed by atoms with Gasteiger partial charge in [0, 0.05) is 12.0 Å². The Morgan fingerprint density at radius 2 is 1.58 bits per heavy atom. The van der Waals surface area contributed by atoms with E-state index in [-0.39, 0.29) is 25.8 Å². The second-order valence-corrected chi connectivity index (χ2v) is 9.63. The number of benzene rings is 3. The summed E-state index contributed by atoms with van der Waals surface area (Å²) in [5.74, 6) is -1.02. The minimum Gasteiger partial charge on any atom is -0.368 e. The van der Waals surface area contributed by atoms with E-state index in [1.54, 1.807) is 38.1 Å². The molecule has 0 aliphatic heterocycles. The Hall–Kier alpha value is -2.99. The van der Waals surface area contributed by atoms with Crippen molar-refractivity contribution in [2.24, 2.45) is 5.73 Å². The molecule has 2 amide bonds. The summed E-state index contributed by atoms with van der Waals surface area (Å²) in [6.45, 7) is 4.07. The molecule has 174 valence electrons. The Labute approximate surface area is 193 Å². The van der Waals surface area contributed by atoms with Crippen LogP contribution in [0.1, 0.15) is 35.3 Å². The van der Waals surface area contributed by atoms with Gasteiger partial charge in [-0.05, 0) is 47.9 Å². The van der Waals surface area contributed by atoms with Crippen LogP contribution in [0.3, 0.4) is 0 Å². The Balaban J connectivity index is 1.71. The normalized spacial score (nSPS) is 12.4. The lowest BCUT2D eigenvalue weighted by molar-refractivity contribution is -0.119. The van der Waals surface area contributed by atoms with Crippen LogP contribution in [-0.2, 0) is 31.0 Å². The number of nitrogens with one attached hydrogen (secondary N) is 1. The van der Waals surface area contributed by atoms with Crippen molar-refractivity contribution in [1.82, 2.24) is 5.32 Å². The number of hydrogen-bond donors (Lipinski definition) is 2. The van der Waals surface area contributed by atoms with Gasteiger partial charge in [-0.1, -0.05) is 54.6 Å². The maximum atomic E-state index is 12.8. The van der Waals surface area contributed by atoms with E-state index in [9.17, 15) is 14.2 Å². The molecule has 3 rings (SSSR count). The molecule has 0 heterocycles. The molecule has 0 fully saturated rings. The first-order valence-corrected chi connectivity index (χ1v) is 12.6. The van der Waals surface area contributed by atoms with Gasteiger partial charge in [0.2, 0.25) is 5.91 Å². The zero-order chi connectivity index (χ0) is 23.8. The molecule has 0 aliphatic rings. The molecular weight excluding hydrogens is 439 g/mol. The fraction of sp³-hybridized carbons (Fsp3) is 0.280. The third kappa shape index (κ3) is 6.51. The Morgan fingerprint density at radius 3 is 2.21 bits per heavy atom. The predicted molar refractivity (Wildman–Crippen MR) is 129 cm³/mol. The smallest absolute Gasteiger partial charge is 0.335 e. The molecule has 0 aromatic heterocycles. The average molecular weight is 468 g/mol. The number of carbonyl (C=O) groups excluding carboxylic acids is 2. The van der Waals surface area contributed by atoms with E-state index < -0.39 is 25.5 Å². The molecule has 0 radical (unpaired) electrons. The summed E-state index contributed by atoms with van der Waals surface area (Å²) in [7, 11) is -3.24. The maximum Gasteiger partial charge on any atom is 0.335 e. The second-order valence-electron chi connectivity index (χ2n) is 7.57. The van der Waals surface area contributed by atoms with Crippen molar-refractivity contribution < 1.29 is 23.2 Å². The molecule has 8 heteroatoms. The molecule has 33 heavy (non-hydrogen) atoms. The minimum atomic E-state index is -3.24. The van der Waals surface area contributed by atoms with E-state index in [0.29, 0.717) is 5.56 Å². The van der Waals surface area contributed by atoms with Crippen LogP contribution in [0.5, 0.6) is 0 Å². The van der Waals surface area contributed by atoms with E-state index in [2.05, 4.69) is 5.32 Å². The van der Waals surface area contributed by atoms with Crippen LogP contribution >= 0.6 is 7.60 Å². The van der Waals surface area contributed by atoms with Crippen LogP contribution in [0.2, 0.25) is 0 Å². The molecule has 0 spiro atoms. The summed E-state index contributed by atoms with van der Waals surface area (Å²) in [5.41, 5.74) is 7.61. The lowest BCUT2D eigenvalue weighted by Crippen LogP contribution is -2.45. The van der Waals surface area contributed by atoms with E-state index >= 15 is 0 Å². The highest BCUT2D eigenvalue weighted by Gasteiger charge is 2.24. The van der Waals surface area contributed by atoms with Gasteiger partial charge in [-0.25, -0.2) is 0 Å². The van der Waals surface area contributed by atoms with Crippen molar-refractivity contribution >= 4 is 30.2 Å². The van der Waals surface area contributed by atoms with Gasteiger partial charge in [0.25, 0.3) is 5.91 Å². The fourth-order valence-electron chi connectivity index (χ4n) is 3.66. The highest BCUT2D eigenvalue weighted by Crippen LogP contribution is 2.51. The predicted octanol–water partition coefficient (Wildman–Crippen LogP) is 4.43. The Kier molecular flexibility index (Phi) is 8.39. The first-order valence-electron chi connectivity index (χ1n) is 10.9. The van der Waals surface area contributed by atoms with Crippen LogP contribution in [0.25, 0.3) is 10.8 Å². The summed E-state index contributed by atoms with van der Waals surface area (Å²) in [6.07, 6.45) is 0.397. The maximum absolute atomic E-state index is 12.8. The van der Waals surface area contributed by atoms with Crippen LogP contribution in [-0.4, -0.2) is 31.1 Å². The van der Waals surface area contributed by atoms with Crippen LogP contribution in [0, 0.1) is 0 Å². The van der Waals surface area contributed by atoms with Crippen LogP contribution < -0.4 is 11.1 Å². The number of primary amides is 1. The number of carbonyl (C=O) groups is 2. The van der Waals surface area contributed by atoms with Crippen molar-refractivity contribution in [3.63, 3.8) is 0 Å². The van der Waals surface area contributed by atoms with Gasteiger partial charge in [0.05, 0.1) is 19.4 Å². The van der Waals surface area contributed by atoms with Gasteiger partial charge in [-0.3, -0.25) is 14.2 Å². The molecule has 3 aromatic rings. The molecule has 3 N–H and O–H groups in total. The summed E-state index contributed by atoms with van der Waals surface area (Å²) in [5, 5.41) is 4.80. The lowest BCUT2D eigenvalue weighted by atomic mass is 9.98. The van der Waals surface area contributed by atoms with Gasteiger partial charge in [-0.15, -0.1) is 0 Å². The van der Waals surface area contributed by atoms with Crippen LogP contribution in [0.15, 0.2) is 66.7 Å². The molecule has 0 aliphatic carbocycles. The molecule has 7 nitrogen and oxygen atoms in total. The lowest BCUT2D eigenvalue weighted by Gasteiger charge is -2.18. The molecule has 0 bridgehead atoms. The SMILES string of the molecule is CCOP(=O)(Cc1ccc(C(=O)N[C@@H](Cc2cccc3ccccc23)C(N)=O)cc1)OCC. The van der Waals surface area contributed by atoms with Gasteiger partial charge >= 0.3 is 7.60 Å². The fourth-order valence-corrected chi connectivity index (χ4v) is 5.36. The van der Waals surface area contributed by atoms with Crippen molar-refractivity contribution in [3.8, 4) is 0 Å². The summed E-state index contributed by atoms with van der Waals surface area (Å²) in [6, 6.07) is 19.5.